The molecular weight excluding hydrogens is 809 g/mol. The van der Waals surface area contributed by atoms with E-state index in [4.69, 9.17) is 0 Å². The molecule has 1 fully saturated rings. The van der Waals surface area contributed by atoms with Crippen LogP contribution in [0.15, 0.2) is 127 Å². The first-order valence-electron chi connectivity index (χ1n) is 19.5. The van der Waals surface area contributed by atoms with Crippen LogP contribution in [-0.2, 0) is 6.42 Å². The molecular formula is C48H50N2Tl. The van der Waals surface area contributed by atoms with Gasteiger partial charge in [-0.05, 0) is 0 Å². The zero-order valence-corrected chi connectivity index (χ0v) is 35.1. The molecule has 0 spiro atoms. The first kappa shape index (κ1) is 33.4. The summed E-state index contributed by atoms with van der Waals surface area (Å²) >= 11 is -1.59. The molecule has 5 aromatic carbocycles. The Hall–Kier alpha value is -3.48. The molecule has 5 unspecified atom stereocenters. The second-order valence-electron chi connectivity index (χ2n) is 16.3. The van der Waals surface area contributed by atoms with Gasteiger partial charge >= 0.3 is 320 Å². The summed E-state index contributed by atoms with van der Waals surface area (Å²) in [5.74, 6) is 2.40. The van der Waals surface area contributed by atoms with Gasteiger partial charge in [0.1, 0.15) is 0 Å². The van der Waals surface area contributed by atoms with E-state index in [0.717, 1.165) is 6.42 Å². The summed E-state index contributed by atoms with van der Waals surface area (Å²) in [5.41, 5.74) is 10.9. The van der Waals surface area contributed by atoms with Gasteiger partial charge in [0.25, 0.3) is 0 Å². The average Bonchev–Trinajstić information content (AvgIpc) is 3.52. The Balaban J connectivity index is 1.23. The first-order valence-corrected chi connectivity index (χ1v) is 23.5. The number of rotatable bonds is 6. The molecule has 0 amide bonds. The van der Waals surface area contributed by atoms with Crippen molar-refractivity contribution in [2.45, 2.75) is 70.1 Å². The Morgan fingerprint density at radius 3 is 2.10 bits per heavy atom. The van der Waals surface area contributed by atoms with Crippen LogP contribution in [0.5, 0.6) is 0 Å². The van der Waals surface area contributed by atoms with Gasteiger partial charge in [0.15, 0.2) is 0 Å². The van der Waals surface area contributed by atoms with E-state index in [2.05, 4.69) is 154 Å². The van der Waals surface area contributed by atoms with E-state index in [1.54, 1.807) is 16.8 Å². The Kier molecular flexibility index (Phi) is 9.04. The van der Waals surface area contributed by atoms with E-state index in [1.165, 1.54) is 88.9 Å². The van der Waals surface area contributed by atoms with E-state index in [0.29, 0.717) is 29.1 Å². The Morgan fingerprint density at radius 2 is 1.35 bits per heavy atom. The second kappa shape index (κ2) is 13.8. The molecule has 1 saturated carbocycles. The number of hydrogen-bond acceptors (Lipinski definition) is 1. The topological polar surface area (TPSA) is 8.17 Å². The predicted molar refractivity (Wildman–Crippen MR) is 217 cm³/mol. The zero-order chi connectivity index (χ0) is 34.5. The fraction of sp³-hybridized carbons (Fsp3) is 0.333. The summed E-state index contributed by atoms with van der Waals surface area (Å²) in [6.07, 6.45) is 15.1. The zero-order valence-electron chi connectivity index (χ0n) is 30.6. The standard InChI is InChI=1S/C46H44N.C2H6N.Tl/c1-46(27-13-3-2-4-14-28-46)42-25-24-40-38-21-10-9-19-36(38)37-20-11-12-22-39(37)44(40)41(42)30-33-23-26-43(47-33)45-34-17-7-5-15-31(34)29-32-16-6-8-18-35(32)45;1-3-2;/h2-3,5-12,15-23,26,29,40-42,44H,4,13-14,24-25,27-28,30H2,1H3;1-2H3;/q2*-1;+2/b3-2-;;. The van der Waals surface area contributed by atoms with Gasteiger partial charge in [0, 0.05) is 0 Å². The molecule has 0 aliphatic heterocycles. The number of allylic oxidation sites excluding steroid dienone is 2. The Bertz CT molecular complexity index is 2190. The molecule has 0 N–H and O–H groups in total. The summed E-state index contributed by atoms with van der Waals surface area (Å²) in [6.45, 7) is 2.69. The Morgan fingerprint density at radius 1 is 0.706 bits per heavy atom. The molecule has 3 aliphatic carbocycles. The van der Waals surface area contributed by atoms with Gasteiger partial charge in [-0.25, -0.2) is 0 Å². The third-order valence-electron chi connectivity index (χ3n) is 13.1. The van der Waals surface area contributed by atoms with Crippen LogP contribution in [0.25, 0.3) is 43.9 Å². The van der Waals surface area contributed by atoms with Crippen molar-refractivity contribution < 1.29 is 0 Å². The molecule has 1 heterocycles. The molecule has 51 heavy (non-hydrogen) atoms. The molecule has 2 nitrogen and oxygen atoms in total. The van der Waals surface area contributed by atoms with Crippen molar-refractivity contribution in [3.63, 3.8) is 0 Å². The molecule has 5 atom stereocenters. The molecule has 6 aromatic rings. The van der Waals surface area contributed by atoms with E-state index >= 15 is 0 Å². The third-order valence-corrected chi connectivity index (χ3v) is 18.1. The third kappa shape index (κ3) is 5.95. The van der Waals surface area contributed by atoms with Crippen molar-refractivity contribution in [2.75, 3.05) is 14.1 Å². The number of benzene rings is 5. The van der Waals surface area contributed by atoms with Gasteiger partial charge < -0.3 is 0 Å². The van der Waals surface area contributed by atoms with Gasteiger partial charge in [-0.2, -0.15) is 0 Å². The summed E-state index contributed by atoms with van der Waals surface area (Å²) in [7, 11) is 4.64. The van der Waals surface area contributed by atoms with Gasteiger partial charge in [-0.3, -0.25) is 0 Å². The van der Waals surface area contributed by atoms with Crippen molar-refractivity contribution in [3.05, 3.63) is 144 Å². The summed E-state index contributed by atoms with van der Waals surface area (Å²) in [6, 6.07) is 44.5. The van der Waals surface area contributed by atoms with Crippen LogP contribution in [-0.4, -0.2) is 44.0 Å². The van der Waals surface area contributed by atoms with Crippen molar-refractivity contribution in [1.82, 2.24) is 5.09 Å². The molecule has 9 rings (SSSR count). The number of aromatic nitrogens is 1. The fourth-order valence-electron chi connectivity index (χ4n) is 10.9. The first-order chi connectivity index (χ1) is 25.0. The van der Waals surface area contributed by atoms with Gasteiger partial charge in [0.05, 0.1) is 0 Å². The molecule has 1 aromatic heterocycles. The van der Waals surface area contributed by atoms with Crippen molar-refractivity contribution in [2.24, 2.45) is 17.3 Å². The van der Waals surface area contributed by atoms with Crippen molar-refractivity contribution in [3.8, 4) is 22.4 Å². The van der Waals surface area contributed by atoms with Crippen LogP contribution in [0, 0.1) is 17.3 Å². The fourth-order valence-corrected chi connectivity index (χ4v) is 15.3. The van der Waals surface area contributed by atoms with Crippen molar-refractivity contribution >= 4 is 46.4 Å². The minimum atomic E-state index is -1.59. The minimum absolute atomic E-state index is 0.350. The average molecular weight is 859 g/mol. The molecule has 3 heteroatoms. The molecule has 3 aliphatic rings. The van der Waals surface area contributed by atoms with E-state index in [1.807, 2.05) is 0 Å². The van der Waals surface area contributed by atoms with Crippen LogP contribution in [0.4, 0.5) is 0 Å². The quantitative estimate of drug-likeness (QED) is 0.0920. The number of hydrogen-bond donors (Lipinski definition) is 0. The predicted octanol–water partition coefficient (Wildman–Crippen LogP) is 12.0. The maximum absolute atomic E-state index is 2.89. The summed E-state index contributed by atoms with van der Waals surface area (Å²) < 4.78 is 5.46. The van der Waals surface area contributed by atoms with E-state index in [9.17, 15) is 0 Å². The SMILES string of the molecule is C[N](C)[Tl][n]1c(CC2C3c4ccccc4-c4ccccc4C3CCC2C2(C)CC/C=C\CCC2)ccc1-c1c2ccccc2cc2ccccc12. The summed E-state index contributed by atoms with van der Waals surface area (Å²) in [5, 5.41) is 5.41. The number of fused-ring (bicyclic) bond motifs is 8. The summed E-state index contributed by atoms with van der Waals surface area (Å²) in [4.78, 5) is 0. The van der Waals surface area contributed by atoms with Crippen LogP contribution in [0.3, 0.4) is 0 Å². The number of nitrogens with zero attached hydrogens (tertiary/aromatic N) is 2. The van der Waals surface area contributed by atoms with Crippen molar-refractivity contribution in [1.29, 1.82) is 0 Å². The molecule has 0 bridgehead atoms. The normalized spacial score (nSPS) is 25.0. The van der Waals surface area contributed by atoms with Crippen LogP contribution < -0.4 is 0 Å². The van der Waals surface area contributed by atoms with E-state index in [-0.39, 0.29) is 0 Å². The van der Waals surface area contributed by atoms with Gasteiger partial charge in [-0.1, -0.05) is 0 Å². The maximum atomic E-state index is 2.89. The van der Waals surface area contributed by atoms with Crippen LogP contribution in [0.2, 0.25) is 0 Å². The van der Waals surface area contributed by atoms with Crippen LogP contribution >= 0.6 is 0 Å². The van der Waals surface area contributed by atoms with Gasteiger partial charge in [0.2, 0.25) is 0 Å². The molecule has 0 saturated heterocycles. The Labute approximate surface area is 317 Å². The van der Waals surface area contributed by atoms with E-state index < -0.39 is 24.8 Å². The molecule has 0 radical (unpaired) electrons. The van der Waals surface area contributed by atoms with Crippen LogP contribution in [0.1, 0.15) is 80.5 Å². The molecule has 255 valence electrons. The second-order valence-corrected chi connectivity index (χ2v) is 23.2. The van der Waals surface area contributed by atoms with Gasteiger partial charge in [-0.15, -0.1) is 0 Å². The monoisotopic (exact) mass is 859 g/mol.